The summed E-state index contributed by atoms with van der Waals surface area (Å²) in [6.45, 7) is 4.98. The van der Waals surface area contributed by atoms with Crippen molar-refractivity contribution in [2.24, 2.45) is 0 Å². The summed E-state index contributed by atoms with van der Waals surface area (Å²) in [5.41, 5.74) is 1.68. The number of fused-ring (bicyclic) bond motifs is 1. The van der Waals surface area contributed by atoms with Crippen LogP contribution < -0.4 is 4.74 Å². The third-order valence-electron chi connectivity index (χ3n) is 11.2. The number of ether oxygens (including phenoxy) is 4. The quantitative estimate of drug-likeness (QED) is 0.0378. The Kier molecular flexibility index (Phi) is 29.7. The Labute approximate surface area is 353 Å². The Morgan fingerprint density at radius 3 is 1.41 bits per heavy atom. The summed E-state index contributed by atoms with van der Waals surface area (Å²) in [6, 6.07) is 5.59. The number of esters is 2. The molecular formula is C49H84N2O7. The molecule has 9 heteroatoms. The van der Waals surface area contributed by atoms with Crippen molar-refractivity contribution in [2.75, 3.05) is 41.0 Å². The first-order chi connectivity index (χ1) is 28.3. The van der Waals surface area contributed by atoms with E-state index in [1.807, 2.05) is 32.3 Å². The SMILES string of the molecule is CCCCCCCCCCCCCCCC(=O)OCC(COC(=O)CCCCCCCCCCCCCCC)OC(=O)n1cc(CCN(C)C)c2cc(OC)ccc21. The number of benzene rings is 1. The van der Waals surface area contributed by atoms with E-state index in [1.165, 1.54) is 133 Å². The Balaban J connectivity index is 1.83. The number of unbranched alkanes of at least 4 members (excludes halogenated alkanes) is 24. The van der Waals surface area contributed by atoms with Crippen LogP contribution >= 0.6 is 0 Å². The zero-order valence-electron chi connectivity index (χ0n) is 37.8. The summed E-state index contributed by atoms with van der Waals surface area (Å²) in [5.74, 6) is 0.0484. The highest BCUT2D eigenvalue weighted by atomic mass is 16.6. The van der Waals surface area contributed by atoms with Crippen LogP contribution in [-0.4, -0.2) is 74.6 Å². The van der Waals surface area contributed by atoms with Crippen LogP contribution in [0.25, 0.3) is 10.9 Å². The minimum absolute atomic E-state index is 0.171. The molecule has 332 valence electrons. The van der Waals surface area contributed by atoms with Gasteiger partial charge in [0.2, 0.25) is 0 Å². The van der Waals surface area contributed by atoms with Crippen LogP contribution in [0.1, 0.15) is 199 Å². The Morgan fingerprint density at radius 2 is 1.02 bits per heavy atom. The van der Waals surface area contributed by atoms with E-state index in [-0.39, 0.29) is 25.2 Å². The minimum atomic E-state index is -0.931. The highest BCUT2D eigenvalue weighted by Crippen LogP contribution is 2.27. The van der Waals surface area contributed by atoms with Crippen LogP contribution in [0.15, 0.2) is 24.4 Å². The van der Waals surface area contributed by atoms with E-state index in [4.69, 9.17) is 18.9 Å². The van der Waals surface area contributed by atoms with Gasteiger partial charge in [0, 0.05) is 31.0 Å². The van der Waals surface area contributed by atoms with Gasteiger partial charge in [0.1, 0.15) is 19.0 Å². The number of aromatic nitrogens is 1. The molecule has 0 atom stereocenters. The molecule has 0 bridgehead atoms. The molecule has 2 aromatic rings. The number of nitrogens with zero attached hydrogens (tertiary/aromatic N) is 2. The Hall–Kier alpha value is -3.07. The third-order valence-corrected chi connectivity index (χ3v) is 11.2. The topological polar surface area (TPSA) is 96.3 Å². The number of hydrogen-bond donors (Lipinski definition) is 0. The van der Waals surface area contributed by atoms with Gasteiger partial charge in [0.15, 0.2) is 6.10 Å². The first kappa shape index (κ1) is 51.1. The fourth-order valence-corrected chi connectivity index (χ4v) is 7.50. The van der Waals surface area contributed by atoms with Gasteiger partial charge < -0.3 is 23.8 Å². The lowest BCUT2D eigenvalue weighted by molar-refractivity contribution is -0.152. The van der Waals surface area contributed by atoms with Gasteiger partial charge >= 0.3 is 18.0 Å². The van der Waals surface area contributed by atoms with Crippen molar-refractivity contribution < 1.29 is 33.3 Å². The maximum absolute atomic E-state index is 13.7. The van der Waals surface area contributed by atoms with Gasteiger partial charge in [0.05, 0.1) is 12.6 Å². The van der Waals surface area contributed by atoms with Crippen LogP contribution in [-0.2, 0) is 30.2 Å². The molecule has 0 aliphatic heterocycles. The van der Waals surface area contributed by atoms with Gasteiger partial charge in [-0.2, -0.15) is 0 Å². The Morgan fingerprint density at radius 1 is 0.603 bits per heavy atom. The second-order valence-corrected chi connectivity index (χ2v) is 16.8. The molecule has 1 aromatic heterocycles. The van der Waals surface area contributed by atoms with E-state index in [1.54, 1.807) is 13.3 Å². The third kappa shape index (κ3) is 24.1. The van der Waals surface area contributed by atoms with Crippen molar-refractivity contribution in [3.8, 4) is 5.75 Å². The van der Waals surface area contributed by atoms with E-state index in [0.717, 1.165) is 62.4 Å². The molecule has 1 aromatic carbocycles. The number of carbonyl (C=O) groups is 3. The minimum Gasteiger partial charge on any atom is -0.497 e. The van der Waals surface area contributed by atoms with Crippen molar-refractivity contribution in [1.29, 1.82) is 0 Å². The molecule has 0 saturated heterocycles. The zero-order valence-corrected chi connectivity index (χ0v) is 37.8. The lowest BCUT2D eigenvalue weighted by Gasteiger charge is -2.18. The van der Waals surface area contributed by atoms with Crippen molar-refractivity contribution in [3.05, 3.63) is 30.0 Å². The first-order valence-corrected chi connectivity index (χ1v) is 23.6. The van der Waals surface area contributed by atoms with Crippen LogP contribution in [0.5, 0.6) is 5.75 Å². The molecule has 0 N–H and O–H groups in total. The number of methoxy groups -OCH3 is 1. The average molecular weight is 813 g/mol. The maximum Gasteiger partial charge on any atom is 0.419 e. The molecule has 0 aliphatic rings. The predicted octanol–water partition coefficient (Wildman–Crippen LogP) is 13.2. The first-order valence-electron chi connectivity index (χ1n) is 23.6. The normalized spacial score (nSPS) is 11.5. The summed E-state index contributed by atoms with van der Waals surface area (Å²) < 4.78 is 24.1. The fraction of sp³-hybridized carbons (Fsp3) is 0.776. The van der Waals surface area contributed by atoms with Gasteiger partial charge in [-0.15, -0.1) is 0 Å². The van der Waals surface area contributed by atoms with E-state index < -0.39 is 12.2 Å². The van der Waals surface area contributed by atoms with Crippen LogP contribution in [0.3, 0.4) is 0 Å². The van der Waals surface area contributed by atoms with Gasteiger partial charge in [0.25, 0.3) is 0 Å². The highest BCUT2D eigenvalue weighted by molar-refractivity contribution is 5.93. The highest BCUT2D eigenvalue weighted by Gasteiger charge is 2.23. The summed E-state index contributed by atoms with van der Waals surface area (Å²) in [6.07, 6.45) is 33.7. The molecule has 0 amide bonds. The van der Waals surface area contributed by atoms with Crippen LogP contribution in [0.2, 0.25) is 0 Å². The van der Waals surface area contributed by atoms with Crippen molar-refractivity contribution in [1.82, 2.24) is 9.47 Å². The molecule has 2 rings (SSSR count). The van der Waals surface area contributed by atoms with Crippen molar-refractivity contribution in [2.45, 2.75) is 206 Å². The fourth-order valence-electron chi connectivity index (χ4n) is 7.50. The van der Waals surface area contributed by atoms with Gasteiger partial charge in [-0.1, -0.05) is 168 Å². The van der Waals surface area contributed by atoms with Crippen LogP contribution in [0, 0.1) is 0 Å². The predicted molar refractivity (Wildman–Crippen MR) is 239 cm³/mol. The van der Waals surface area contributed by atoms with Crippen LogP contribution in [0.4, 0.5) is 4.79 Å². The number of carbonyl (C=O) groups excluding carboxylic acids is 3. The van der Waals surface area contributed by atoms with E-state index in [0.29, 0.717) is 24.1 Å². The second kappa shape index (κ2) is 33.7. The van der Waals surface area contributed by atoms with E-state index in [2.05, 4.69) is 18.7 Å². The summed E-state index contributed by atoms with van der Waals surface area (Å²) in [5, 5.41) is 0.906. The summed E-state index contributed by atoms with van der Waals surface area (Å²) in [4.78, 5) is 41.3. The maximum atomic E-state index is 13.7. The van der Waals surface area contributed by atoms with Gasteiger partial charge in [-0.05, 0) is 57.1 Å². The molecule has 58 heavy (non-hydrogen) atoms. The van der Waals surface area contributed by atoms with Gasteiger partial charge in [-0.25, -0.2) is 4.79 Å². The molecule has 0 aliphatic carbocycles. The van der Waals surface area contributed by atoms with Gasteiger partial charge in [-0.3, -0.25) is 14.2 Å². The molecule has 1 heterocycles. The Bertz CT molecular complexity index is 1310. The monoisotopic (exact) mass is 813 g/mol. The molecular weight excluding hydrogens is 729 g/mol. The molecule has 0 spiro atoms. The average Bonchev–Trinajstić information content (AvgIpc) is 3.59. The molecule has 0 unspecified atom stereocenters. The van der Waals surface area contributed by atoms with E-state index in [9.17, 15) is 14.4 Å². The van der Waals surface area contributed by atoms with E-state index >= 15 is 0 Å². The van der Waals surface area contributed by atoms with Crippen molar-refractivity contribution in [3.63, 3.8) is 0 Å². The zero-order chi connectivity index (χ0) is 42.1. The molecule has 9 nitrogen and oxygen atoms in total. The number of rotatable bonds is 37. The lowest BCUT2D eigenvalue weighted by atomic mass is 10.0. The molecule has 0 saturated carbocycles. The second-order valence-electron chi connectivity index (χ2n) is 16.8. The smallest absolute Gasteiger partial charge is 0.419 e. The summed E-state index contributed by atoms with van der Waals surface area (Å²) in [7, 11) is 5.65. The number of likely N-dealkylation sites (N-methyl/N-ethyl adjacent to an activating group) is 1. The molecule has 0 radical (unpaired) electrons. The number of hydrogen-bond acceptors (Lipinski definition) is 8. The standard InChI is InChI=1S/C49H84N2O7/c1-6-8-10-12-14-16-18-20-22-24-26-28-30-32-47(52)56-40-44(41-57-48(53)33-31-29-27-25-23-21-19-17-15-13-11-9-7-2)58-49(54)51-39-42(36-37-50(3)4)45-38-43(55-5)34-35-46(45)51/h34-35,38-39,44H,6-33,36-37,40-41H2,1-5H3. The molecule has 0 fully saturated rings. The van der Waals surface area contributed by atoms with Crippen molar-refractivity contribution >= 4 is 28.9 Å². The summed E-state index contributed by atoms with van der Waals surface area (Å²) >= 11 is 0. The lowest BCUT2D eigenvalue weighted by Crippen LogP contribution is -2.32. The largest absolute Gasteiger partial charge is 0.497 e.